The Labute approximate surface area is 223 Å². The van der Waals surface area contributed by atoms with Gasteiger partial charge in [0.05, 0.1) is 52.0 Å². The summed E-state index contributed by atoms with van der Waals surface area (Å²) < 4.78 is 25.6. The molecule has 218 valence electrons. The van der Waals surface area contributed by atoms with Gasteiger partial charge in [0.1, 0.15) is 13.2 Å². The van der Waals surface area contributed by atoms with Crippen molar-refractivity contribution >= 4 is 35.1 Å². The second kappa shape index (κ2) is 23.4. The minimum Gasteiger partial charge on any atom is -0.458 e. The van der Waals surface area contributed by atoms with Gasteiger partial charge in [-0.1, -0.05) is 13.8 Å². The highest BCUT2D eigenvalue weighted by Crippen LogP contribution is 2.00. The van der Waals surface area contributed by atoms with Crippen LogP contribution in [0, 0.1) is 5.92 Å². The van der Waals surface area contributed by atoms with E-state index in [-0.39, 0.29) is 96.3 Å². The third kappa shape index (κ3) is 20.3. The molecule has 0 saturated carbocycles. The van der Waals surface area contributed by atoms with Gasteiger partial charge in [0.2, 0.25) is 11.8 Å². The number of hydrogen-bond acceptors (Lipinski definition) is 11. The molecule has 0 radical (unpaired) electrons. The van der Waals surface area contributed by atoms with Crippen molar-refractivity contribution in [3.8, 4) is 0 Å². The molecule has 13 nitrogen and oxygen atoms in total. The number of rotatable bonds is 25. The second-order valence-corrected chi connectivity index (χ2v) is 8.10. The van der Waals surface area contributed by atoms with Crippen molar-refractivity contribution in [3.05, 3.63) is 0 Å². The van der Waals surface area contributed by atoms with E-state index in [2.05, 4.69) is 10.6 Å². The number of amides is 2. The molecule has 0 fully saturated rings. The number of hydrogen-bond donors (Lipinski definition) is 2. The van der Waals surface area contributed by atoms with E-state index in [0.717, 1.165) is 0 Å². The van der Waals surface area contributed by atoms with Gasteiger partial charge in [-0.05, 0) is 6.92 Å². The maximum atomic E-state index is 12.1. The van der Waals surface area contributed by atoms with E-state index in [4.69, 9.17) is 23.7 Å². The van der Waals surface area contributed by atoms with Crippen LogP contribution in [0.1, 0.15) is 46.5 Å². The quantitative estimate of drug-likeness (QED) is 0.0880. The molecule has 0 aliphatic carbocycles. The summed E-state index contributed by atoms with van der Waals surface area (Å²) in [6, 6.07) is 0. The molecule has 0 bridgehead atoms. The zero-order chi connectivity index (χ0) is 28.6. The number of ketones is 3. The first kappa shape index (κ1) is 35.3. The van der Waals surface area contributed by atoms with Crippen molar-refractivity contribution in [1.82, 2.24) is 10.6 Å². The zero-order valence-corrected chi connectivity index (χ0v) is 22.7. The Morgan fingerprint density at radius 3 is 1.66 bits per heavy atom. The number of carbonyl (C=O) groups excluding carboxylic acids is 6. The second-order valence-electron chi connectivity index (χ2n) is 8.10. The summed E-state index contributed by atoms with van der Waals surface area (Å²) in [7, 11) is 0. The Morgan fingerprint density at radius 2 is 1.13 bits per heavy atom. The molecule has 2 N–H and O–H groups in total. The molecular weight excluding hydrogens is 504 g/mol. The molecule has 0 aromatic carbocycles. The van der Waals surface area contributed by atoms with Crippen LogP contribution in [0.2, 0.25) is 0 Å². The standard InChI is InChI=1S/C25H42N2O11/c1-4-20(28)16-36-14-12-34-10-8-26-23(31)6-7-24(32)38-18-22(30)19(3)25(33)27-9-11-35-13-15-37-17-21(29)5-2/h19H,4-18H2,1-3H3,(H,26,31)(H,27,33). The zero-order valence-electron chi connectivity index (χ0n) is 22.7. The van der Waals surface area contributed by atoms with Crippen molar-refractivity contribution in [1.29, 1.82) is 0 Å². The molecule has 0 aliphatic rings. The topological polar surface area (TPSA) is 173 Å². The lowest BCUT2D eigenvalue weighted by Crippen LogP contribution is -2.37. The Bertz CT molecular complexity index is 743. The summed E-state index contributed by atoms with van der Waals surface area (Å²) in [5.41, 5.74) is 0. The van der Waals surface area contributed by atoms with Gasteiger partial charge in [0.25, 0.3) is 0 Å². The average Bonchev–Trinajstić information content (AvgIpc) is 2.92. The lowest BCUT2D eigenvalue weighted by atomic mass is 10.1. The lowest BCUT2D eigenvalue weighted by molar-refractivity contribution is -0.150. The van der Waals surface area contributed by atoms with Crippen molar-refractivity contribution in [2.24, 2.45) is 5.92 Å². The smallest absolute Gasteiger partial charge is 0.306 e. The highest BCUT2D eigenvalue weighted by molar-refractivity contribution is 6.02. The van der Waals surface area contributed by atoms with Gasteiger partial charge in [0, 0.05) is 32.4 Å². The van der Waals surface area contributed by atoms with Crippen LogP contribution in [-0.2, 0) is 52.5 Å². The fourth-order valence-electron chi connectivity index (χ4n) is 2.48. The third-order valence-corrected chi connectivity index (χ3v) is 4.98. The number of esters is 1. The van der Waals surface area contributed by atoms with Crippen LogP contribution >= 0.6 is 0 Å². The fourth-order valence-corrected chi connectivity index (χ4v) is 2.48. The van der Waals surface area contributed by atoms with Crippen LogP contribution in [0.15, 0.2) is 0 Å². The van der Waals surface area contributed by atoms with Crippen LogP contribution in [0.3, 0.4) is 0 Å². The third-order valence-electron chi connectivity index (χ3n) is 4.98. The van der Waals surface area contributed by atoms with E-state index in [0.29, 0.717) is 12.8 Å². The fraction of sp³-hybridized carbons (Fsp3) is 0.760. The normalized spacial score (nSPS) is 11.4. The van der Waals surface area contributed by atoms with Crippen LogP contribution < -0.4 is 10.6 Å². The number of ether oxygens (including phenoxy) is 5. The van der Waals surface area contributed by atoms with Gasteiger partial charge in [0.15, 0.2) is 24.0 Å². The number of carbonyl (C=O) groups is 6. The number of Topliss-reactive ketones (excluding diaryl/α,β-unsaturated/α-hetero) is 3. The van der Waals surface area contributed by atoms with Crippen molar-refractivity contribution < 1.29 is 52.5 Å². The Hall–Kier alpha value is -2.74. The maximum absolute atomic E-state index is 12.1. The van der Waals surface area contributed by atoms with Gasteiger partial charge < -0.3 is 34.3 Å². The molecule has 0 aromatic heterocycles. The Morgan fingerprint density at radius 1 is 0.632 bits per heavy atom. The van der Waals surface area contributed by atoms with Crippen LogP contribution in [0.5, 0.6) is 0 Å². The highest BCUT2D eigenvalue weighted by Gasteiger charge is 2.22. The van der Waals surface area contributed by atoms with Gasteiger partial charge in [-0.15, -0.1) is 0 Å². The molecule has 0 spiro atoms. The molecule has 38 heavy (non-hydrogen) atoms. The average molecular weight is 547 g/mol. The van der Waals surface area contributed by atoms with Crippen LogP contribution in [0.25, 0.3) is 0 Å². The lowest BCUT2D eigenvalue weighted by Gasteiger charge is -2.12. The minimum atomic E-state index is -1.02. The van der Waals surface area contributed by atoms with Crippen molar-refractivity contribution in [2.45, 2.75) is 46.5 Å². The summed E-state index contributed by atoms with van der Waals surface area (Å²) in [5.74, 6) is -3.21. The van der Waals surface area contributed by atoms with E-state index in [9.17, 15) is 28.8 Å². The summed E-state index contributed by atoms with van der Waals surface area (Å²) in [6.07, 6.45) is 0.506. The first-order valence-electron chi connectivity index (χ1n) is 12.8. The summed E-state index contributed by atoms with van der Waals surface area (Å²) in [4.78, 5) is 69.9. The van der Waals surface area contributed by atoms with Crippen LogP contribution in [0.4, 0.5) is 0 Å². The van der Waals surface area contributed by atoms with E-state index in [1.807, 2.05) is 0 Å². The molecule has 2 amide bonds. The van der Waals surface area contributed by atoms with Crippen LogP contribution in [-0.4, -0.2) is 108 Å². The highest BCUT2D eigenvalue weighted by atomic mass is 16.5. The number of nitrogens with one attached hydrogen (secondary N) is 2. The summed E-state index contributed by atoms with van der Waals surface area (Å²) in [6.45, 7) is 6.41. The van der Waals surface area contributed by atoms with E-state index in [1.165, 1.54) is 6.92 Å². The first-order valence-corrected chi connectivity index (χ1v) is 12.8. The predicted molar refractivity (Wildman–Crippen MR) is 134 cm³/mol. The van der Waals surface area contributed by atoms with Gasteiger partial charge in [-0.2, -0.15) is 0 Å². The van der Waals surface area contributed by atoms with E-state index < -0.39 is 30.2 Å². The molecule has 0 rings (SSSR count). The SMILES string of the molecule is CCC(=O)COCCOCCNC(=O)CCC(=O)OCC(=O)C(C)C(=O)NCCOCCOCC(=O)CC. The molecule has 0 aliphatic heterocycles. The summed E-state index contributed by atoms with van der Waals surface area (Å²) in [5, 5.41) is 5.13. The van der Waals surface area contributed by atoms with E-state index in [1.54, 1.807) is 13.8 Å². The van der Waals surface area contributed by atoms with Crippen molar-refractivity contribution in [3.63, 3.8) is 0 Å². The van der Waals surface area contributed by atoms with Gasteiger partial charge >= 0.3 is 5.97 Å². The first-order chi connectivity index (χ1) is 18.2. The summed E-state index contributed by atoms with van der Waals surface area (Å²) >= 11 is 0. The largest absolute Gasteiger partial charge is 0.458 e. The monoisotopic (exact) mass is 546 g/mol. The molecule has 13 heteroatoms. The minimum absolute atomic E-state index is 0.00549. The van der Waals surface area contributed by atoms with Crippen molar-refractivity contribution in [2.75, 3.05) is 72.6 Å². The Kier molecular flexibility index (Phi) is 21.7. The molecule has 0 saturated heterocycles. The molecule has 0 heterocycles. The van der Waals surface area contributed by atoms with Gasteiger partial charge in [-0.25, -0.2) is 0 Å². The molecule has 1 unspecified atom stereocenters. The predicted octanol–water partition coefficient (Wildman–Crippen LogP) is -0.228. The Balaban J connectivity index is 3.78. The molecule has 1 atom stereocenters. The molecule has 0 aromatic rings. The van der Waals surface area contributed by atoms with E-state index >= 15 is 0 Å². The maximum Gasteiger partial charge on any atom is 0.306 e. The van der Waals surface area contributed by atoms with Gasteiger partial charge in [-0.3, -0.25) is 28.8 Å². The molecular formula is C25H42N2O11.